The SMILES string of the molecule is CCCCCCCCc1ccc(OC(=O)NCC2(C)CC(NC(=O)Oc3ccc(CCCCCCCC)cc3CCCCCCCC)CC(C)(C)C2)c(CCCCCCCC)c1. The highest BCUT2D eigenvalue weighted by Crippen LogP contribution is 2.46. The van der Waals surface area contributed by atoms with Gasteiger partial charge in [0.15, 0.2) is 0 Å². The minimum atomic E-state index is -0.399. The quantitative estimate of drug-likeness (QED) is 0.0701. The first-order valence-electron chi connectivity index (χ1n) is 26.2. The molecule has 2 atom stereocenters. The third kappa shape index (κ3) is 22.6. The number of aryl methyl sites for hydroxylation is 4. The lowest BCUT2D eigenvalue weighted by molar-refractivity contribution is 0.0701. The van der Waals surface area contributed by atoms with Gasteiger partial charge in [0, 0.05) is 12.6 Å². The average Bonchev–Trinajstić information content (AvgIpc) is 3.23. The van der Waals surface area contributed by atoms with Gasteiger partial charge in [0.05, 0.1) is 0 Å². The second kappa shape index (κ2) is 31.0. The smallest absolute Gasteiger partial charge is 0.410 e. The Labute approximate surface area is 381 Å². The topological polar surface area (TPSA) is 76.7 Å². The number of ether oxygens (including phenoxy) is 2. The first kappa shape index (κ1) is 53.3. The molecule has 6 heteroatoms. The summed E-state index contributed by atoms with van der Waals surface area (Å²) in [7, 11) is 0. The molecule has 62 heavy (non-hydrogen) atoms. The van der Waals surface area contributed by atoms with Crippen LogP contribution >= 0.6 is 0 Å². The Hall–Kier alpha value is -3.02. The molecule has 1 aliphatic carbocycles. The molecule has 1 saturated carbocycles. The van der Waals surface area contributed by atoms with Crippen LogP contribution in [-0.2, 0) is 25.7 Å². The van der Waals surface area contributed by atoms with Crippen LogP contribution in [0.1, 0.15) is 244 Å². The number of rotatable bonds is 33. The van der Waals surface area contributed by atoms with E-state index < -0.39 is 6.09 Å². The number of hydrogen-bond donors (Lipinski definition) is 2. The second-order valence-corrected chi connectivity index (χ2v) is 20.5. The first-order chi connectivity index (χ1) is 30.0. The molecular formula is C56H94N2O4. The Morgan fingerprint density at radius 2 is 0.903 bits per heavy atom. The second-order valence-electron chi connectivity index (χ2n) is 20.5. The van der Waals surface area contributed by atoms with Crippen LogP contribution in [0.25, 0.3) is 0 Å². The summed E-state index contributed by atoms with van der Waals surface area (Å²) in [6.45, 7) is 16.3. The van der Waals surface area contributed by atoms with Gasteiger partial charge in [0.2, 0.25) is 0 Å². The minimum absolute atomic E-state index is 0.0201. The maximum atomic E-state index is 13.6. The Balaban J connectivity index is 1.61. The molecule has 0 aromatic heterocycles. The van der Waals surface area contributed by atoms with Crippen LogP contribution in [0.3, 0.4) is 0 Å². The molecule has 1 aliphatic rings. The maximum Gasteiger partial charge on any atom is 0.412 e. The summed E-state index contributed by atoms with van der Waals surface area (Å²) in [5, 5.41) is 6.42. The van der Waals surface area contributed by atoms with Gasteiger partial charge in [-0.3, -0.25) is 0 Å². The maximum absolute atomic E-state index is 13.6. The van der Waals surface area contributed by atoms with Gasteiger partial charge in [-0.15, -0.1) is 0 Å². The largest absolute Gasteiger partial charge is 0.412 e. The summed E-state index contributed by atoms with van der Waals surface area (Å²) >= 11 is 0. The molecule has 1 fully saturated rings. The monoisotopic (exact) mass is 859 g/mol. The lowest BCUT2D eigenvalue weighted by Gasteiger charge is -2.46. The van der Waals surface area contributed by atoms with Crippen molar-refractivity contribution >= 4 is 12.2 Å². The minimum Gasteiger partial charge on any atom is -0.410 e. The van der Waals surface area contributed by atoms with E-state index in [2.05, 4.69) is 83.4 Å². The molecule has 0 bridgehead atoms. The summed E-state index contributed by atoms with van der Waals surface area (Å²) in [6, 6.07) is 12.9. The first-order valence-corrected chi connectivity index (χ1v) is 26.2. The number of carbonyl (C=O) groups excluding carboxylic acids is 2. The molecular weight excluding hydrogens is 765 g/mol. The number of unbranched alkanes of at least 4 members (excludes halogenated alkanes) is 20. The van der Waals surface area contributed by atoms with Gasteiger partial charge >= 0.3 is 12.2 Å². The third-order valence-electron chi connectivity index (χ3n) is 13.3. The molecule has 2 amide bonds. The molecule has 0 saturated heterocycles. The number of hydrogen-bond acceptors (Lipinski definition) is 4. The Morgan fingerprint density at radius 3 is 1.34 bits per heavy atom. The summed E-state index contributed by atoms with van der Waals surface area (Å²) in [6.07, 6.45) is 36.1. The molecule has 0 radical (unpaired) electrons. The molecule has 2 N–H and O–H groups in total. The van der Waals surface area contributed by atoms with Crippen molar-refractivity contribution in [3.05, 3.63) is 58.7 Å². The van der Waals surface area contributed by atoms with E-state index in [1.54, 1.807) is 0 Å². The molecule has 2 unspecified atom stereocenters. The van der Waals surface area contributed by atoms with Gasteiger partial charge in [-0.25, -0.2) is 9.59 Å². The van der Waals surface area contributed by atoms with Crippen molar-refractivity contribution in [3.63, 3.8) is 0 Å². The van der Waals surface area contributed by atoms with Crippen LogP contribution in [0, 0.1) is 10.8 Å². The van der Waals surface area contributed by atoms with Gasteiger partial charge < -0.3 is 20.1 Å². The van der Waals surface area contributed by atoms with E-state index in [1.165, 1.54) is 152 Å². The Kier molecular flexibility index (Phi) is 26.6. The van der Waals surface area contributed by atoms with E-state index >= 15 is 0 Å². The van der Waals surface area contributed by atoms with E-state index in [4.69, 9.17) is 9.47 Å². The van der Waals surface area contributed by atoms with E-state index in [-0.39, 0.29) is 23.0 Å². The summed E-state index contributed by atoms with van der Waals surface area (Å²) in [5.74, 6) is 1.38. The lowest BCUT2D eigenvalue weighted by Crippen LogP contribution is -2.51. The van der Waals surface area contributed by atoms with Gasteiger partial charge in [-0.1, -0.05) is 201 Å². The van der Waals surface area contributed by atoms with E-state index in [0.717, 1.165) is 68.9 Å². The van der Waals surface area contributed by atoms with Crippen molar-refractivity contribution in [3.8, 4) is 11.5 Å². The molecule has 2 aromatic carbocycles. The van der Waals surface area contributed by atoms with Crippen LogP contribution < -0.4 is 20.1 Å². The van der Waals surface area contributed by atoms with E-state index in [1.807, 2.05) is 12.1 Å². The Bertz CT molecular complexity index is 1520. The normalized spacial score (nSPS) is 17.2. The zero-order valence-electron chi connectivity index (χ0n) is 41.3. The van der Waals surface area contributed by atoms with Crippen LogP contribution in [0.5, 0.6) is 11.5 Å². The number of amides is 2. The van der Waals surface area contributed by atoms with Crippen LogP contribution in [0.2, 0.25) is 0 Å². The average molecular weight is 859 g/mol. The summed E-state index contributed by atoms with van der Waals surface area (Å²) in [4.78, 5) is 27.1. The molecule has 0 heterocycles. The van der Waals surface area contributed by atoms with Crippen LogP contribution in [-0.4, -0.2) is 24.8 Å². The van der Waals surface area contributed by atoms with Gasteiger partial charge in [-0.2, -0.15) is 0 Å². The summed E-state index contributed by atoms with van der Waals surface area (Å²) < 4.78 is 12.2. The molecule has 6 nitrogen and oxygen atoms in total. The molecule has 3 rings (SSSR count). The third-order valence-corrected chi connectivity index (χ3v) is 13.3. The van der Waals surface area contributed by atoms with Gasteiger partial charge in [0.1, 0.15) is 11.5 Å². The van der Waals surface area contributed by atoms with Crippen molar-refractivity contribution in [2.75, 3.05) is 6.54 Å². The fraction of sp³-hybridized carbons (Fsp3) is 0.750. The highest BCUT2D eigenvalue weighted by molar-refractivity contribution is 5.72. The molecule has 0 aliphatic heterocycles. The van der Waals surface area contributed by atoms with Crippen LogP contribution in [0.4, 0.5) is 9.59 Å². The highest BCUT2D eigenvalue weighted by Gasteiger charge is 2.42. The number of nitrogens with one attached hydrogen (secondary N) is 2. The highest BCUT2D eigenvalue weighted by atomic mass is 16.6. The van der Waals surface area contributed by atoms with Crippen LogP contribution in [0.15, 0.2) is 36.4 Å². The molecule has 352 valence electrons. The van der Waals surface area contributed by atoms with Crippen molar-refractivity contribution in [2.45, 2.75) is 254 Å². The van der Waals surface area contributed by atoms with Crippen molar-refractivity contribution in [2.24, 2.45) is 10.8 Å². The van der Waals surface area contributed by atoms with E-state index in [0.29, 0.717) is 18.0 Å². The van der Waals surface area contributed by atoms with Gasteiger partial charge in [-0.05, 0) is 116 Å². The summed E-state index contributed by atoms with van der Waals surface area (Å²) in [5.41, 5.74) is 4.75. The predicted octanol–water partition coefficient (Wildman–Crippen LogP) is 16.8. The van der Waals surface area contributed by atoms with Gasteiger partial charge in [0.25, 0.3) is 0 Å². The Morgan fingerprint density at radius 1 is 0.516 bits per heavy atom. The van der Waals surface area contributed by atoms with E-state index in [9.17, 15) is 9.59 Å². The fourth-order valence-electron chi connectivity index (χ4n) is 10.2. The molecule has 0 spiro atoms. The zero-order valence-corrected chi connectivity index (χ0v) is 41.3. The molecule has 2 aromatic rings. The number of carbonyl (C=O) groups is 2. The zero-order chi connectivity index (χ0) is 44.9. The van der Waals surface area contributed by atoms with Crippen molar-refractivity contribution in [1.82, 2.24) is 10.6 Å². The van der Waals surface area contributed by atoms with Crippen molar-refractivity contribution in [1.29, 1.82) is 0 Å². The predicted molar refractivity (Wildman–Crippen MR) is 264 cm³/mol. The standard InChI is InChI=1S/C56H94N2O4/c1-8-12-16-20-24-28-32-46-36-38-51(48(40-46)34-30-26-22-18-14-10-3)61-53(59)57-45-56(7)43-50(42-55(5,6)44-56)58-54(60)62-52-39-37-47(33-29-25-21-17-13-9-2)41-49(52)35-31-27-23-19-15-11-4/h36-41,50H,8-35,42-45H2,1-7H3,(H,57,59)(H,58,60). The van der Waals surface area contributed by atoms with Crippen molar-refractivity contribution < 1.29 is 19.1 Å². The number of benzene rings is 2. The lowest BCUT2D eigenvalue weighted by atomic mass is 9.62. The fourth-order valence-corrected chi connectivity index (χ4v) is 10.2.